The molecule has 126 valence electrons. The van der Waals surface area contributed by atoms with Crippen LogP contribution in [0.25, 0.3) is 0 Å². The van der Waals surface area contributed by atoms with Crippen LogP contribution in [-0.2, 0) is 21.9 Å². The van der Waals surface area contributed by atoms with Crippen LogP contribution in [0.5, 0.6) is 0 Å². The molecule has 0 amide bonds. The molecular weight excluding hydrogens is 324 g/mol. The van der Waals surface area contributed by atoms with Crippen molar-refractivity contribution in [3.05, 3.63) is 18.0 Å². The summed E-state index contributed by atoms with van der Waals surface area (Å²) in [5, 5.41) is 7.86. The molecular formula is C14H25ClN4O2S. The molecule has 1 aromatic rings. The number of hydrogen-bond acceptors (Lipinski definition) is 5. The van der Waals surface area contributed by atoms with Gasteiger partial charge in [-0.15, -0.1) is 12.4 Å². The van der Waals surface area contributed by atoms with E-state index < -0.39 is 9.84 Å². The van der Waals surface area contributed by atoms with Gasteiger partial charge in [-0.25, -0.2) is 8.42 Å². The van der Waals surface area contributed by atoms with Crippen LogP contribution in [0.1, 0.15) is 25.8 Å². The van der Waals surface area contributed by atoms with Crippen molar-refractivity contribution in [1.82, 2.24) is 20.0 Å². The Kier molecular flexibility index (Phi) is 5.21. The standard InChI is InChI=1S/C14H24N4O2S.ClH/c1-12-8-17(5-4-15-12)9-13-7-16-18(10-13)14(2)3-6-21(19,20)11-14;/h7,10,12,15H,3-6,8-9,11H2,1-2H3;1H/t12-,14?;/m0./s1. The summed E-state index contributed by atoms with van der Waals surface area (Å²) >= 11 is 0. The smallest absolute Gasteiger partial charge is 0.152 e. The van der Waals surface area contributed by atoms with E-state index in [4.69, 9.17) is 0 Å². The second-order valence-electron chi connectivity index (χ2n) is 6.72. The highest BCUT2D eigenvalue weighted by Crippen LogP contribution is 2.30. The van der Waals surface area contributed by atoms with E-state index in [0.717, 1.165) is 31.7 Å². The van der Waals surface area contributed by atoms with Crippen LogP contribution in [-0.4, -0.2) is 60.3 Å². The summed E-state index contributed by atoms with van der Waals surface area (Å²) in [5.74, 6) is 0.472. The molecule has 2 saturated heterocycles. The lowest BCUT2D eigenvalue weighted by atomic mass is 10.0. The molecule has 0 radical (unpaired) electrons. The van der Waals surface area contributed by atoms with E-state index >= 15 is 0 Å². The zero-order valence-electron chi connectivity index (χ0n) is 13.2. The second kappa shape index (κ2) is 6.47. The van der Waals surface area contributed by atoms with E-state index in [-0.39, 0.29) is 29.5 Å². The third-order valence-electron chi connectivity index (χ3n) is 4.53. The Hall–Kier alpha value is -0.630. The van der Waals surface area contributed by atoms with Crippen LogP contribution < -0.4 is 5.32 Å². The SMILES string of the molecule is C[C@H]1CN(Cc2cnn(C3(C)CCS(=O)(=O)C3)c2)CCN1.Cl. The average molecular weight is 349 g/mol. The summed E-state index contributed by atoms with van der Waals surface area (Å²) in [6.45, 7) is 8.17. The lowest BCUT2D eigenvalue weighted by Gasteiger charge is -2.31. The first-order valence-corrected chi connectivity index (χ1v) is 9.39. The van der Waals surface area contributed by atoms with E-state index in [9.17, 15) is 8.42 Å². The summed E-state index contributed by atoms with van der Waals surface area (Å²) in [6.07, 6.45) is 4.55. The van der Waals surface area contributed by atoms with Gasteiger partial charge in [-0.1, -0.05) is 0 Å². The van der Waals surface area contributed by atoms with Gasteiger partial charge in [0.05, 0.1) is 23.2 Å². The normalized spacial score (nSPS) is 31.8. The van der Waals surface area contributed by atoms with Crippen molar-refractivity contribution in [2.45, 2.75) is 38.4 Å². The number of hydrogen-bond donors (Lipinski definition) is 1. The largest absolute Gasteiger partial charge is 0.312 e. The van der Waals surface area contributed by atoms with Gasteiger partial charge in [0, 0.05) is 44.0 Å². The van der Waals surface area contributed by atoms with Crippen molar-refractivity contribution in [3.8, 4) is 0 Å². The molecule has 22 heavy (non-hydrogen) atoms. The molecule has 0 bridgehead atoms. The Morgan fingerprint density at radius 3 is 2.91 bits per heavy atom. The molecule has 8 heteroatoms. The summed E-state index contributed by atoms with van der Waals surface area (Å²) in [5.41, 5.74) is 0.781. The molecule has 0 spiro atoms. The van der Waals surface area contributed by atoms with Crippen molar-refractivity contribution in [2.24, 2.45) is 0 Å². The molecule has 2 aliphatic rings. The Balaban J connectivity index is 0.00000176. The lowest BCUT2D eigenvalue weighted by molar-refractivity contribution is 0.199. The molecule has 2 aliphatic heterocycles. The molecule has 0 saturated carbocycles. The van der Waals surface area contributed by atoms with Crippen molar-refractivity contribution in [2.75, 3.05) is 31.1 Å². The lowest BCUT2D eigenvalue weighted by Crippen LogP contribution is -2.48. The van der Waals surface area contributed by atoms with E-state index in [2.05, 4.69) is 22.2 Å². The number of halogens is 1. The van der Waals surface area contributed by atoms with Gasteiger partial charge in [-0.3, -0.25) is 9.58 Å². The molecule has 1 aromatic heterocycles. The zero-order valence-corrected chi connectivity index (χ0v) is 14.8. The first kappa shape index (κ1) is 17.7. The number of sulfone groups is 1. The van der Waals surface area contributed by atoms with Gasteiger partial charge >= 0.3 is 0 Å². The van der Waals surface area contributed by atoms with E-state index in [1.165, 1.54) is 0 Å². The molecule has 2 atom stereocenters. The minimum absolute atomic E-state index is 0. The van der Waals surface area contributed by atoms with Gasteiger partial charge in [0.25, 0.3) is 0 Å². The number of aromatic nitrogens is 2. The molecule has 3 heterocycles. The number of nitrogens with zero attached hydrogens (tertiary/aromatic N) is 3. The van der Waals surface area contributed by atoms with Gasteiger partial charge in [-0.2, -0.15) is 5.10 Å². The Bertz CT molecular complexity index is 618. The maximum Gasteiger partial charge on any atom is 0.152 e. The minimum Gasteiger partial charge on any atom is -0.312 e. The fourth-order valence-corrected chi connectivity index (χ4v) is 5.44. The highest BCUT2D eigenvalue weighted by Gasteiger charge is 2.40. The highest BCUT2D eigenvalue weighted by atomic mass is 35.5. The Morgan fingerprint density at radius 2 is 2.27 bits per heavy atom. The summed E-state index contributed by atoms with van der Waals surface area (Å²) in [6, 6.07) is 0.520. The Labute approximate surface area is 138 Å². The molecule has 0 aromatic carbocycles. The average Bonchev–Trinajstić information content (AvgIpc) is 2.95. The zero-order chi connectivity index (χ0) is 15.1. The van der Waals surface area contributed by atoms with Crippen LogP contribution in [0, 0.1) is 0 Å². The van der Waals surface area contributed by atoms with Crippen LogP contribution in [0.15, 0.2) is 12.4 Å². The molecule has 1 unspecified atom stereocenters. The monoisotopic (exact) mass is 348 g/mol. The number of rotatable bonds is 3. The maximum atomic E-state index is 11.7. The Morgan fingerprint density at radius 1 is 1.50 bits per heavy atom. The molecule has 1 N–H and O–H groups in total. The third kappa shape index (κ3) is 3.82. The van der Waals surface area contributed by atoms with Crippen LogP contribution >= 0.6 is 12.4 Å². The van der Waals surface area contributed by atoms with E-state index in [1.54, 1.807) is 0 Å². The molecule has 0 aliphatic carbocycles. The van der Waals surface area contributed by atoms with Gasteiger partial charge in [0.2, 0.25) is 0 Å². The topological polar surface area (TPSA) is 67.2 Å². The van der Waals surface area contributed by atoms with Crippen molar-refractivity contribution < 1.29 is 8.42 Å². The predicted octanol–water partition coefficient (Wildman–Crippen LogP) is 0.632. The van der Waals surface area contributed by atoms with Gasteiger partial charge in [-0.05, 0) is 20.3 Å². The number of nitrogens with one attached hydrogen (secondary N) is 1. The quantitative estimate of drug-likeness (QED) is 0.868. The van der Waals surface area contributed by atoms with Gasteiger partial charge < -0.3 is 5.32 Å². The molecule has 3 rings (SSSR count). The number of piperazine rings is 1. The molecule has 2 fully saturated rings. The van der Waals surface area contributed by atoms with Gasteiger partial charge in [0.1, 0.15) is 0 Å². The summed E-state index contributed by atoms with van der Waals surface area (Å²) in [7, 11) is -2.91. The van der Waals surface area contributed by atoms with Crippen LogP contribution in [0.2, 0.25) is 0 Å². The van der Waals surface area contributed by atoms with Crippen molar-refractivity contribution >= 4 is 22.2 Å². The third-order valence-corrected chi connectivity index (χ3v) is 6.42. The summed E-state index contributed by atoms with van der Waals surface area (Å²) in [4.78, 5) is 2.41. The maximum absolute atomic E-state index is 11.7. The van der Waals surface area contributed by atoms with Crippen LogP contribution in [0.4, 0.5) is 0 Å². The van der Waals surface area contributed by atoms with Crippen LogP contribution in [0.3, 0.4) is 0 Å². The predicted molar refractivity (Wildman–Crippen MR) is 89.1 cm³/mol. The first-order valence-electron chi connectivity index (χ1n) is 7.57. The molecule has 6 nitrogen and oxygen atoms in total. The van der Waals surface area contributed by atoms with Crippen molar-refractivity contribution in [3.63, 3.8) is 0 Å². The van der Waals surface area contributed by atoms with E-state index in [0.29, 0.717) is 12.5 Å². The highest BCUT2D eigenvalue weighted by molar-refractivity contribution is 7.91. The summed E-state index contributed by atoms with van der Waals surface area (Å²) < 4.78 is 25.3. The van der Waals surface area contributed by atoms with Crippen molar-refractivity contribution in [1.29, 1.82) is 0 Å². The van der Waals surface area contributed by atoms with Gasteiger partial charge in [0.15, 0.2) is 9.84 Å². The fraction of sp³-hybridized carbons (Fsp3) is 0.786. The fourth-order valence-electron chi connectivity index (χ4n) is 3.33. The van der Waals surface area contributed by atoms with E-state index in [1.807, 2.05) is 24.0 Å². The second-order valence-corrected chi connectivity index (χ2v) is 8.91. The first-order chi connectivity index (χ1) is 9.86. The minimum atomic E-state index is -2.91.